The number of benzene rings is 3. The van der Waals surface area contributed by atoms with E-state index in [0.29, 0.717) is 24.2 Å². The van der Waals surface area contributed by atoms with Gasteiger partial charge in [0.2, 0.25) is 0 Å². The van der Waals surface area contributed by atoms with Gasteiger partial charge in [-0.15, -0.1) is 0 Å². The molecule has 0 atom stereocenters. The van der Waals surface area contributed by atoms with E-state index in [1.54, 1.807) is 17.6 Å². The van der Waals surface area contributed by atoms with E-state index in [0.717, 1.165) is 22.3 Å². The largest absolute Gasteiger partial charge is 0.489 e. The molecule has 1 aromatic heterocycles. The Labute approximate surface area is 162 Å². The van der Waals surface area contributed by atoms with Gasteiger partial charge in [0.1, 0.15) is 12.4 Å². The van der Waals surface area contributed by atoms with Crippen molar-refractivity contribution in [3.05, 3.63) is 95.7 Å². The Morgan fingerprint density at radius 1 is 1.00 bits per heavy atom. The molecule has 4 aromatic rings. The van der Waals surface area contributed by atoms with Gasteiger partial charge in [-0.2, -0.15) is 5.10 Å². The molecule has 2 N–H and O–H groups in total. The molecule has 0 saturated heterocycles. The fourth-order valence-electron chi connectivity index (χ4n) is 3.02. The lowest BCUT2D eigenvalue weighted by Gasteiger charge is -2.08. The standard InChI is InChI=1S/C22H19N3O3/c26-22(24-27)18-9-10-19-14-25(23-21(19)12-18)13-17-7-4-8-20(11-17)28-15-16-5-2-1-3-6-16/h1-12,14,27H,13,15H2,(H,24,26). The predicted molar refractivity (Wildman–Crippen MR) is 105 cm³/mol. The van der Waals surface area contributed by atoms with Crippen LogP contribution in [-0.4, -0.2) is 20.9 Å². The van der Waals surface area contributed by atoms with Crippen LogP contribution in [-0.2, 0) is 13.2 Å². The van der Waals surface area contributed by atoms with Gasteiger partial charge < -0.3 is 4.74 Å². The zero-order valence-corrected chi connectivity index (χ0v) is 15.1. The van der Waals surface area contributed by atoms with E-state index in [4.69, 9.17) is 9.94 Å². The van der Waals surface area contributed by atoms with Crippen molar-refractivity contribution < 1.29 is 14.7 Å². The van der Waals surface area contributed by atoms with E-state index in [-0.39, 0.29) is 0 Å². The van der Waals surface area contributed by atoms with Crippen LogP contribution in [0.4, 0.5) is 0 Å². The number of hydrogen-bond donors (Lipinski definition) is 2. The molecule has 0 aliphatic carbocycles. The lowest BCUT2D eigenvalue weighted by molar-refractivity contribution is 0.0706. The number of fused-ring (bicyclic) bond motifs is 1. The number of aromatic nitrogens is 2. The van der Waals surface area contributed by atoms with Crippen LogP contribution >= 0.6 is 0 Å². The maximum Gasteiger partial charge on any atom is 0.274 e. The third-order valence-electron chi connectivity index (χ3n) is 4.41. The number of nitrogens with one attached hydrogen (secondary N) is 1. The first-order chi connectivity index (χ1) is 13.7. The molecular weight excluding hydrogens is 354 g/mol. The van der Waals surface area contributed by atoms with Gasteiger partial charge in [-0.05, 0) is 35.4 Å². The van der Waals surface area contributed by atoms with Gasteiger partial charge >= 0.3 is 0 Å². The first-order valence-electron chi connectivity index (χ1n) is 8.88. The molecule has 0 bridgehead atoms. The van der Waals surface area contributed by atoms with Gasteiger partial charge in [0.05, 0.1) is 12.1 Å². The molecule has 0 spiro atoms. The highest BCUT2D eigenvalue weighted by molar-refractivity contribution is 5.97. The fourth-order valence-corrected chi connectivity index (χ4v) is 3.02. The average molecular weight is 373 g/mol. The van der Waals surface area contributed by atoms with Gasteiger partial charge in [-0.25, -0.2) is 5.48 Å². The van der Waals surface area contributed by atoms with Crippen molar-refractivity contribution in [2.75, 3.05) is 0 Å². The topological polar surface area (TPSA) is 76.4 Å². The SMILES string of the molecule is O=C(NO)c1ccc2cn(Cc3cccc(OCc4ccccc4)c3)nc2c1. The van der Waals surface area contributed by atoms with Crippen molar-refractivity contribution >= 4 is 16.8 Å². The van der Waals surface area contributed by atoms with E-state index in [1.807, 2.05) is 71.5 Å². The maximum atomic E-state index is 11.5. The van der Waals surface area contributed by atoms with E-state index in [9.17, 15) is 4.79 Å². The summed E-state index contributed by atoms with van der Waals surface area (Å²) in [6.45, 7) is 1.10. The molecule has 0 aliphatic heterocycles. The molecule has 6 nitrogen and oxygen atoms in total. The quantitative estimate of drug-likeness (QED) is 0.398. The van der Waals surface area contributed by atoms with Gasteiger partial charge in [0.15, 0.2) is 0 Å². The third kappa shape index (κ3) is 4.02. The molecule has 1 amide bonds. The second kappa shape index (κ2) is 7.94. The van der Waals surface area contributed by atoms with Crippen molar-refractivity contribution in [3.8, 4) is 5.75 Å². The number of carbonyl (C=O) groups excluding carboxylic acids is 1. The summed E-state index contributed by atoms with van der Waals surface area (Å²) < 4.78 is 7.71. The number of rotatable bonds is 6. The van der Waals surface area contributed by atoms with Crippen LogP contribution in [0, 0.1) is 0 Å². The monoisotopic (exact) mass is 373 g/mol. The second-order valence-electron chi connectivity index (χ2n) is 6.46. The zero-order valence-electron chi connectivity index (χ0n) is 15.1. The Balaban J connectivity index is 1.48. The highest BCUT2D eigenvalue weighted by atomic mass is 16.5. The van der Waals surface area contributed by atoms with Crippen LogP contribution in [0.1, 0.15) is 21.5 Å². The lowest BCUT2D eigenvalue weighted by atomic mass is 10.1. The van der Waals surface area contributed by atoms with Gasteiger partial charge in [0.25, 0.3) is 5.91 Å². The summed E-state index contributed by atoms with van der Waals surface area (Å²) in [5.74, 6) is 0.250. The van der Waals surface area contributed by atoms with Crippen LogP contribution in [0.25, 0.3) is 10.9 Å². The summed E-state index contributed by atoms with van der Waals surface area (Å²) in [5.41, 5.74) is 4.87. The van der Waals surface area contributed by atoms with Crippen molar-refractivity contribution in [2.45, 2.75) is 13.2 Å². The Bertz CT molecular complexity index is 1110. The number of nitrogens with zero attached hydrogens (tertiary/aromatic N) is 2. The van der Waals surface area contributed by atoms with Crippen LogP contribution < -0.4 is 10.2 Å². The minimum Gasteiger partial charge on any atom is -0.489 e. The van der Waals surface area contributed by atoms with Crippen molar-refractivity contribution in [2.24, 2.45) is 0 Å². The molecule has 0 fully saturated rings. The lowest BCUT2D eigenvalue weighted by Crippen LogP contribution is -2.18. The number of hydrogen-bond acceptors (Lipinski definition) is 4. The number of ether oxygens (including phenoxy) is 1. The minimum atomic E-state index is -0.556. The highest BCUT2D eigenvalue weighted by Gasteiger charge is 2.08. The Hall–Kier alpha value is -3.64. The summed E-state index contributed by atoms with van der Waals surface area (Å²) in [7, 11) is 0. The average Bonchev–Trinajstić information content (AvgIpc) is 3.14. The van der Waals surface area contributed by atoms with Crippen molar-refractivity contribution in [1.29, 1.82) is 0 Å². The second-order valence-corrected chi connectivity index (χ2v) is 6.46. The van der Waals surface area contributed by atoms with Crippen LogP contribution in [0.5, 0.6) is 5.75 Å². The van der Waals surface area contributed by atoms with Crippen molar-refractivity contribution in [1.82, 2.24) is 15.3 Å². The number of hydroxylamine groups is 1. The fraction of sp³-hybridized carbons (Fsp3) is 0.0909. The molecule has 0 unspecified atom stereocenters. The predicted octanol–water partition coefficient (Wildman–Crippen LogP) is 3.78. The summed E-state index contributed by atoms with van der Waals surface area (Å²) in [6.07, 6.45) is 1.92. The summed E-state index contributed by atoms with van der Waals surface area (Å²) in [4.78, 5) is 11.5. The minimum absolute atomic E-state index is 0.358. The molecule has 4 rings (SSSR count). The number of amides is 1. The smallest absolute Gasteiger partial charge is 0.274 e. The van der Waals surface area contributed by atoms with E-state index < -0.39 is 5.91 Å². The van der Waals surface area contributed by atoms with E-state index in [2.05, 4.69) is 5.10 Å². The third-order valence-corrected chi connectivity index (χ3v) is 4.41. The normalized spacial score (nSPS) is 10.8. The van der Waals surface area contributed by atoms with Crippen LogP contribution in [0.15, 0.2) is 79.0 Å². The summed E-state index contributed by atoms with van der Waals surface area (Å²) in [6, 6.07) is 23.1. The maximum absolute atomic E-state index is 11.5. The Morgan fingerprint density at radius 2 is 1.82 bits per heavy atom. The first kappa shape index (κ1) is 17.8. The van der Waals surface area contributed by atoms with Gasteiger partial charge in [-0.1, -0.05) is 48.5 Å². The van der Waals surface area contributed by atoms with Crippen LogP contribution in [0.3, 0.4) is 0 Å². The Morgan fingerprint density at radius 3 is 2.64 bits per heavy atom. The molecule has 28 heavy (non-hydrogen) atoms. The van der Waals surface area contributed by atoms with Gasteiger partial charge in [-0.3, -0.25) is 14.7 Å². The molecule has 3 aromatic carbocycles. The van der Waals surface area contributed by atoms with Crippen LogP contribution in [0.2, 0.25) is 0 Å². The molecular formula is C22H19N3O3. The summed E-state index contributed by atoms with van der Waals surface area (Å²) in [5, 5.41) is 14.2. The molecule has 0 aliphatic rings. The van der Waals surface area contributed by atoms with E-state index >= 15 is 0 Å². The molecule has 0 radical (unpaired) electrons. The van der Waals surface area contributed by atoms with Gasteiger partial charge in [0, 0.05) is 17.1 Å². The van der Waals surface area contributed by atoms with Crippen molar-refractivity contribution in [3.63, 3.8) is 0 Å². The molecule has 6 heteroatoms. The zero-order chi connectivity index (χ0) is 19.3. The summed E-state index contributed by atoms with van der Waals surface area (Å²) >= 11 is 0. The molecule has 140 valence electrons. The number of carbonyl (C=O) groups is 1. The highest BCUT2D eigenvalue weighted by Crippen LogP contribution is 2.18. The molecule has 1 heterocycles. The van der Waals surface area contributed by atoms with E-state index in [1.165, 1.54) is 0 Å². The Kier molecular flexibility index (Phi) is 5.03. The molecule has 0 saturated carbocycles. The first-order valence-corrected chi connectivity index (χ1v) is 8.88.